The van der Waals surface area contributed by atoms with Gasteiger partial charge in [0.05, 0.1) is 9.79 Å². The first kappa shape index (κ1) is 14.1. The highest BCUT2D eigenvalue weighted by Gasteiger charge is 2.20. The van der Waals surface area contributed by atoms with Crippen molar-refractivity contribution in [2.75, 3.05) is 13.1 Å². The molecular weight excluding hydrogens is 286 g/mol. The molecule has 21 heavy (non-hydrogen) atoms. The van der Waals surface area contributed by atoms with Gasteiger partial charge >= 0.3 is 0 Å². The van der Waals surface area contributed by atoms with Gasteiger partial charge < -0.3 is 10.4 Å². The summed E-state index contributed by atoms with van der Waals surface area (Å²) in [5, 5.41) is 12.6. The van der Waals surface area contributed by atoms with Crippen LogP contribution in [0.5, 0.6) is 5.75 Å². The number of hydrogen-bond donors (Lipinski definition) is 2. The van der Waals surface area contributed by atoms with E-state index < -0.39 is 9.84 Å². The van der Waals surface area contributed by atoms with E-state index in [0.29, 0.717) is 5.92 Å². The third kappa shape index (κ3) is 2.80. The van der Waals surface area contributed by atoms with Crippen molar-refractivity contribution in [3.05, 3.63) is 54.1 Å². The first-order valence-electron chi connectivity index (χ1n) is 6.92. The zero-order chi connectivity index (χ0) is 14.9. The molecule has 1 aliphatic heterocycles. The monoisotopic (exact) mass is 303 g/mol. The van der Waals surface area contributed by atoms with Crippen molar-refractivity contribution >= 4 is 9.84 Å². The highest BCUT2D eigenvalue weighted by molar-refractivity contribution is 7.91. The molecule has 110 valence electrons. The van der Waals surface area contributed by atoms with E-state index in [1.807, 2.05) is 12.1 Å². The molecule has 2 aromatic carbocycles. The minimum atomic E-state index is -3.52. The molecule has 0 aliphatic carbocycles. The van der Waals surface area contributed by atoms with Gasteiger partial charge in [0.15, 0.2) is 0 Å². The minimum absolute atomic E-state index is 0.0537. The summed E-state index contributed by atoms with van der Waals surface area (Å²) in [5.74, 6) is 0.522. The van der Waals surface area contributed by atoms with Crippen LogP contribution in [0.15, 0.2) is 58.3 Å². The van der Waals surface area contributed by atoms with E-state index in [1.54, 1.807) is 12.1 Å². The largest absolute Gasteiger partial charge is 0.508 e. The Morgan fingerprint density at radius 2 is 1.52 bits per heavy atom. The average Bonchev–Trinajstić information content (AvgIpc) is 3.02. The molecule has 1 atom stereocenters. The molecule has 0 unspecified atom stereocenters. The van der Waals surface area contributed by atoms with E-state index in [4.69, 9.17) is 0 Å². The normalized spacial score (nSPS) is 18.8. The predicted molar refractivity (Wildman–Crippen MR) is 80.2 cm³/mol. The maximum atomic E-state index is 12.5. The van der Waals surface area contributed by atoms with Crippen LogP contribution in [0.25, 0.3) is 0 Å². The van der Waals surface area contributed by atoms with Crippen LogP contribution in [0.4, 0.5) is 0 Å². The first-order chi connectivity index (χ1) is 10.1. The second kappa shape index (κ2) is 5.50. The summed E-state index contributed by atoms with van der Waals surface area (Å²) < 4.78 is 25.0. The fraction of sp³-hybridized carbons (Fsp3) is 0.250. The lowest BCUT2D eigenvalue weighted by Crippen LogP contribution is -2.08. The first-order valence-corrected chi connectivity index (χ1v) is 8.40. The van der Waals surface area contributed by atoms with Crippen LogP contribution in [-0.4, -0.2) is 26.6 Å². The Morgan fingerprint density at radius 3 is 2.05 bits per heavy atom. The molecule has 0 saturated carbocycles. The fourth-order valence-corrected chi connectivity index (χ4v) is 3.88. The Hall–Kier alpha value is -1.85. The number of hydrogen-bond acceptors (Lipinski definition) is 4. The van der Waals surface area contributed by atoms with Gasteiger partial charge in [-0.2, -0.15) is 0 Å². The number of phenols is 1. The van der Waals surface area contributed by atoms with Crippen LogP contribution in [0.1, 0.15) is 17.9 Å². The average molecular weight is 303 g/mol. The van der Waals surface area contributed by atoms with Crippen molar-refractivity contribution in [2.24, 2.45) is 0 Å². The molecule has 2 N–H and O–H groups in total. The van der Waals surface area contributed by atoms with E-state index in [1.165, 1.54) is 29.8 Å². The Balaban J connectivity index is 1.90. The van der Waals surface area contributed by atoms with E-state index in [0.717, 1.165) is 19.5 Å². The summed E-state index contributed by atoms with van der Waals surface area (Å²) in [4.78, 5) is 0.471. The van der Waals surface area contributed by atoms with Gasteiger partial charge in [-0.3, -0.25) is 0 Å². The summed E-state index contributed by atoms with van der Waals surface area (Å²) in [6.45, 7) is 1.96. The molecule has 1 fully saturated rings. The van der Waals surface area contributed by atoms with Gasteiger partial charge in [-0.05, 0) is 60.8 Å². The zero-order valence-corrected chi connectivity index (χ0v) is 12.3. The van der Waals surface area contributed by atoms with Crippen LogP contribution in [0.3, 0.4) is 0 Å². The molecule has 1 heterocycles. The SMILES string of the molecule is O=S(=O)(c1ccc(O)cc1)c1ccc([C@@H]2CCNC2)cc1. The lowest BCUT2D eigenvalue weighted by molar-refractivity contribution is 0.475. The molecule has 2 aromatic rings. The Labute approximate surface area is 124 Å². The minimum Gasteiger partial charge on any atom is -0.508 e. The summed E-state index contributed by atoms with van der Waals surface area (Å²) in [7, 11) is -3.52. The van der Waals surface area contributed by atoms with Gasteiger partial charge in [0.1, 0.15) is 5.75 Å². The van der Waals surface area contributed by atoms with Gasteiger partial charge in [0, 0.05) is 6.54 Å². The molecule has 1 saturated heterocycles. The molecule has 0 spiro atoms. The van der Waals surface area contributed by atoms with E-state index in [2.05, 4.69) is 5.32 Å². The van der Waals surface area contributed by atoms with Crippen LogP contribution >= 0.6 is 0 Å². The van der Waals surface area contributed by atoms with Crippen molar-refractivity contribution in [1.82, 2.24) is 5.32 Å². The van der Waals surface area contributed by atoms with Gasteiger partial charge in [0.2, 0.25) is 9.84 Å². The van der Waals surface area contributed by atoms with E-state index in [-0.39, 0.29) is 15.5 Å². The summed E-state index contributed by atoms with van der Waals surface area (Å²) in [6, 6.07) is 12.7. The Kier molecular flexibility index (Phi) is 3.69. The molecule has 3 rings (SSSR count). The smallest absolute Gasteiger partial charge is 0.206 e. The molecule has 4 nitrogen and oxygen atoms in total. The number of benzene rings is 2. The van der Waals surface area contributed by atoms with Gasteiger partial charge in [-0.1, -0.05) is 12.1 Å². The van der Waals surface area contributed by atoms with Crippen molar-refractivity contribution in [2.45, 2.75) is 22.1 Å². The summed E-state index contributed by atoms with van der Waals surface area (Å²) >= 11 is 0. The second-order valence-electron chi connectivity index (χ2n) is 5.26. The third-order valence-corrected chi connectivity index (χ3v) is 5.65. The molecule has 1 aliphatic rings. The lowest BCUT2D eigenvalue weighted by atomic mass is 9.99. The van der Waals surface area contributed by atoms with Crippen molar-refractivity contribution < 1.29 is 13.5 Å². The molecule has 0 bridgehead atoms. The van der Waals surface area contributed by atoms with Gasteiger partial charge in [0.25, 0.3) is 0 Å². The Bertz CT molecular complexity index is 715. The number of sulfone groups is 1. The topological polar surface area (TPSA) is 66.4 Å². The standard InChI is InChI=1S/C16H17NO3S/c18-14-3-7-16(8-4-14)21(19,20)15-5-1-12(2-6-15)13-9-10-17-11-13/h1-8,13,17-18H,9-11H2/t13-/m1/s1. The van der Waals surface area contributed by atoms with Crippen LogP contribution < -0.4 is 5.32 Å². The highest BCUT2D eigenvalue weighted by Crippen LogP contribution is 2.26. The molecule has 0 aromatic heterocycles. The van der Waals surface area contributed by atoms with E-state index >= 15 is 0 Å². The fourth-order valence-electron chi connectivity index (χ4n) is 2.62. The molecule has 0 amide bonds. The van der Waals surface area contributed by atoms with Crippen molar-refractivity contribution in [3.63, 3.8) is 0 Å². The molecular formula is C16H17NO3S. The number of rotatable bonds is 3. The number of aromatic hydroxyl groups is 1. The number of phenolic OH excluding ortho intramolecular Hbond substituents is 1. The van der Waals surface area contributed by atoms with E-state index in [9.17, 15) is 13.5 Å². The Morgan fingerprint density at radius 1 is 0.952 bits per heavy atom. The quantitative estimate of drug-likeness (QED) is 0.913. The molecule has 5 heteroatoms. The number of nitrogens with one attached hydrogen (secondary N) is 1. The van der Waals surface area contributed by atoms with Gasteiger partial charge in [-0.25, -0.2) is 8.42 Å². The lowest BCUT2D eigenvalue weighted by Gasteiger charge is -2.10. The second-order valence-corrected chi connectivity index (χ2v) is 7.21. The predicted octanol–water partition coefficient (Wildman–Crippen LogP) is 2.30. The van der Waals surface area contributed by atoms with Crippen LogP contribution in [-0.2, 0) is 9.84 Å². The third-order valence-electron chi connectivity index (χ3n) is 3.87. The molecule has 0 radical (unpaired) electrons. The summed E-state index contributed by atoms with van der Waals surface area (Å²) in [6.07, 6.45) is 1.09. The van der Waals surface area contributed by atoms with Crippen LogP contribution in [0.2, 0.25) is 0 Å². The maximum absolute atomic E-state index is 12.5. The summed E-state index contributed by atoms with van der Waals surface area (Å²) in [5.41, 5.74) is 1.17. The van der Waals surface area contributed by atoms with Gasteiger partial charge in [-0.15, -0.1) is 0 Å². The van der Waals surface area contributed by atoms with Crippen molar-refractivity contribution in [1.29, 1.82) is 0 Å². The van der Waals surface area contributed by atoms with Crippen LogP contribution in [0, 0.1) is 0 Å². The maximum Gasteiger partial charge on any atom is 0.206 e. The highest BCUT2D eigenvalue weighted by atomic mass is 32.2. The zero-order valence-electron chi connectivity index (χ0n) is 11.5. The van der Waals surface area contributed by atoms with Crippen molar-refractivity contribution in [3.8, 4) is 5.75 Å².